The number of aryl methyl sites for hydroxylation is 1. The monoisotopic (exact) mass is 316 g/mol. The van der Waals surface area contributed by atoms with Crippen molar-refractivity contribution in [2.75, 3.05) is 7.05 Å². The van der Waals surface area contributed by atoms with Crippen LogP contribution in [0.4, 0.5) is 0 Å². The lowest BCUT2D eigenvalue weighted by molar-refractivity contribution is -0.00701. The van der Waals surface area contributed by atoms with E-state index in [0.29, 0.717) is 12.2 Å². The molecule has 1 amide bonds. The van der Waals surface area contributed by atoms with Crippen LogP contribution in [0.25, 0.3) is 0 Å². The molecule has 1 aliphatic heterocycles. The molecule has 1 aliphatic rings. The maximum atomic E-state index is 12.8. The number of H-pyrrole nitrogens is 1. The molecule has 2 atom stereocenters. The van der Waals surface area contributed by atoms with Gasteiger partial charge in [0.25, 0.3) is 5.91 Å². The first-order valence-corrected chi connectivity index (χ1v) is 8.12. The number of fused-ring (bicyclic) bond motifs is 1. The second kappa shape index (κ2) is 6.20. The van der Waals surface area contributed by atoms with Gasteiger partial charge in [0, 0.05) is 44.5 Å². The third kappa shape index (κ3) is 3.03. The number of rotatable bonds is 4. The largest absolute Gasteiger partial charge is 0.369 e. The zero-order valence-corrected chi connectivity index (χ0v) is 14.2. The van der Waals surface area contributed by atoms with Crippen molar-refractivity contribution in [2.24, 2.45) is 0 Å². The number of hydrogen-bond acceptors (Lipinski definition) is 3. The van der Waals surface area contributed by atoms with Crippen LogP contribution < -0.4 is 0 Å². The molecule has 0 saturated carbocycles. The highest BCUT2D eigenvalue weighted by Gasteiger charge is 2.30. The van der Waals surface area contributed by atoms with Crippen molar-refractivity contribution in [3.63, 3.8) is 0 Å². The molecular formula is C17H24N4O2. The summed E-state index contributed by atoms with van der Waals surface area (Å²) in [6.07, 6.45) is 4.88. The molecule has 124 valence electrons. The number of ether oxygens (including phenoxy) is 1. The Kier molecular flexibility index (Phi) is 4.26. The molecule has 1 N–H and O–H groups in total. The van der Waals surface area contributed by atoms with Gasteiger partial charge < -0.3 is 14.2 Å². The van der Waals surface area contributed by atoms with Crippen LogP contribution >= 0.6 is 0 Å². The van der Waals surface area contributed by atoms with Gasteiger partial charge in [-0.05, 0) is 32.4 Å². The molecular weight excluding hydrogens is 292 g/mol. The zero-order valence-electron chi connectivity index (χ0n) is 14.2. The minimum atomic E-state index is -0.0494. The fraction of sp³-hybridized carbons (Fsp3) is 0.529. The standard InChI is InChI=1S/C17H24N4O2/c1-5-21-7-6-13(10-21)9-20(4)17(22)16-14-8-11(2)23-12(3)15(14)18-19-16/h6-7,10-12H,5,8-9H2,1-4H3,(H,18,19)/t11-,12+/m0/s1. The summed E-state index contributed by atoms with van der Waals surface area (Å²) >= 11 is 0. The molecule has 0 aliphatic carbocycles. The SMILES string of the molecule is CCn1ccc(CN(C)C(=O)c2n[nH]c3c2C[C@H](C)O[C@@H]3C)c1. The molecule has 0 saturated heterocycles. The van der Waals surface area contributed by atoms with E-state index in [-0.39, 0.29) is 18.1 Å². The fourth-order valence-electron chi connectivity index (χ4n) is 3.16. The molecule has 0 unspecified atom stereocenters. The molecule has 0 fully saturated rings. The number of amides is 1. The number of carbonyl (C=O) groups excluding carboxylic acids is 1. The zero-order chi connectivity index (χ0) is 16.6. The van der Waals surface area contributed by atoms with Crippen LogP contribution in [-0.4, -0.2) is 38.7 Å². The highest BCUT2D eigenvalue weighted by atomic mass is 16.5. The topological polar surface area (TPSA) is 63.2 Å². The van der Waals surface area contributed by atoms with E-state index in [4.69, 9.17) is 4.74 Å². The van der Waals surface area contributed by atoms with E-state index < -0.39 is 0 Å². The highest BCUT2D eigenvalue weighted by Crippen LogP contribution is 2.30. The van der Waals surface area contributed by atoms with Crippen LogP contribution in [0.15, 0.2) is 18.5 Å². The first kappa shape index (κ1) is 15.8. The number of aromatic amines is 1. The van der Waals surface area contributed by atoms with Gasteiger partial charge in [-0.1, -0.05) is 0 Å². The number of nitrogens with zero attached hydrogens (tertiary/aromatic N) is 3. The van der Waals surface area contributed by atoms with Crippen molar-refractivity contribution in [2.45, 2.75) is 52.5 Å². The van der Waals surface area contributed by atoms with Crippen molar-refractivity contribution < 1.29 is 9.53 Å². The van der Waals surface area contributed by atoms with E-state index in [1.165, 1.54) is 0 Å². The Morgan fingerprint density at radius 2 is 2.30 bits per heavy atom. The van der Waals surface area contributed by atoms with E-state index in [1.54, 1.807) is 4.90 Å². The van der Waals surface area contributed by atoms with Gasteiger partial charge in [-0.3, -0.25) is 9.89 Å². The number of carbonyl (C=O) groups is 1. The van der Waals surface area contributed by atoms with E-state index in [2.05, 4.69) is 27.9 Å². The Labute approximate surface area is 136 Å². The van der Waals surface area contributed by atoms with Gasteiger partial charge in [0.1, 0.15) is 0 Å². The predicted octanol–water partition coefficient (Wildman–Crippen LogP) is 2.53. The molecule has 0 radical (unpaired) electrons. The molecule has 2 aromatic rings. The second-order valence-electron chi connectivity index (χ2n) is 6.27. The van der Waals surface area contributed by atoms with Gasteiger partial charge in [0.15, 0.2) is 5.69 Å². The summed E-state index contributed by atoms with van der Waals surface area (Å²) < 4.78 is 7.88. The first-order valence-electron chi connectivity index (χ1n) is 8.12. The van der Waals surface area contributed by atoms with Crippen LogP contribution in [-0.2, 0) is 24.2 Å². The first-order chi connectivity index (χ1) is 11.0. The summed E-state index contributed by atoms with van der Waals surface area (Å²) in [7, 11) is 1.82. The Bertz CT molecular complexity index is 703. The third-order valence-corrected chi connectivity index (χ3v) is 4.38. The molecule has 23 heavy (non-hydrogen) atoms. The fourth-order valence-corrected chi connectivity index (χ4v) is 3.16. The van der Waals surface area contributed by atoms with Crippen molar-refractivity contribution in [1.29, 1.82) is 0 Å². The second-order valence-corrected chi connectivity index (χ2v) is 6.27. The maximum absolute atomic E-state index is 12.8. The summed E-state index contributed by atoms with van der Waals surface area (Å²) in [5, 5.41) is 7.25. The Morgan fingerprint density at radius 1 is 1.52 bits per heavy atom. The van der Waals surface area contributed by atoms with Gasteiger partial charge in [-0.25, -0.2) is 0 Å². The number of nitrogens with one attached hydrogen (secondary N) is 1. The number of aromatic nitrogens is 3. The molecule has 3 rings (SSSR count). The van der Waals surface area contributed by atoms with Crippen LogP contribution in [0.5, 0.6) is 0 Å². The van der Waals surface area contributed by atoms with E-state index >= 15 is 0 Å². The van der Waals surface area contributed by atoms with E-state index in [1.807, 2.05) is 33.2 Å². The summed E-state index contributed by atoms with van der Waals surface area (Å²) in [6, 6.07) is 2.05. The lowest BCUT2D eigenvalue weighted by Crippen LogP contribution is -2.29. The summed E-state index contributed by atoms with van der Waals surface area (Å²) in [5.74, 6) is -0.0481. The van der Waals surface area contributed by atoms with Crippen LogP contribution in [0.1, 0.15) is 54.2 Å². The highest BCUT2D eigenvalue weighted by molar-refractivity contribution is 5.93. The molecule has 0 bridgehead atoms. The minimum absolute atomic E-state index is 0.0481. The predicted molar refractivity (Wildman–Crippen MR) is 87.2 cm³/mol. The molecule has 2 aromatic heterocycles. The molecule has 6 nitrogen and oxygen atoms in total. The van der Waals surface area contributed by atoms with Crippen LogP contribution in [0.2, 0.25) is 0 Å². The van der Waals surface area contributed by atoms with Crippen molar-refractivity contribution in [3.8, 4) is 0 Å². The average Bonchev–Trinajstić information content (AvgIpc) is 3.13. The Hall–Kier alpha value is -2.08. The van der Waals surface area contributed by atoms with Gasteiger partial charge >= 0.3 is 0 Å². The van der Waals surface area contributed by atoms with E-state index in [9.17, 15) is 4.79 Å². The van der Waals surface area contributed by atoms with Crippen LogP contribution in [0.3, 0.4) is 0 Å². The molecule has 6 heteroatoms. The van der Waals surface area contributed by atoms with Crippen molar-refractivity contribution in [1.82, 2.24) is 19.7 Å². The van der Waals surface area contributed by atoms with Crippen molar-refractivity contribution >= 4 is 5.91 Å². The third-order valence-electron chi connectivity index (χ3n) is 4.38. The lowest BCUT2D eigenvalue weighted by atomic mass is 9.99. The average molecular weight is 316 g/mol. The quantitative estimate of drug-likeness (QED) is 0.943. The van der Waals surface area contributed by atoms with Crippen molar-refractivity contribution in [3.05, 3.63) is 41.0 Å². The van der Waals surface area contributed by atoms with E-state index in [0.717, 1.165) is 29.8 Å². The van der Waals surface area contributed by atoms with Crippen LogP contribution in [0, 0.1) is 0 Å². The Balaban J connectivity index is 1.78. The number of hydrogen-bond donors (Lipinski definition) is 1. The molecule has 0 aromatic carbocycles. The molecule has 0 spiro atoms. The smallest absolute Gasteiger partial charge is 0.274 e. The summed E-state index contributed by atoms with van der Waals surface area (Å²) in [5.41, 5.74) is 3.58. The minimum Gasteiger partial charge on any atom is -0.369 e. The summed E-state index contributed by atoms with van der Waals surface area (Å²) in [4.78, 5) is 14.5. The Morgan fingerprint density at radius 3 is 3.00 bits per heavy atom. The van der Waals surface area contributed by atoms with Gasteiger partial charge in [-0.2, -0.15) is 5.10 Å². The lowest BCUT2D eigenvalue weighted by Gasteiger charge is -2.25. The summed E-state index contributed by atoms with van der Waals surface area (Å²) in [6.45, 7) is 7.62. The van der Waals surface area contributed by atoms with Gasteiger partial charge in [0.05, 0.1) is 17.9 Å². The molecule has 3 heterocycles. The van der Waals surface area contributed by atoms with Gasteiger partial charge in [0.2, 0.25) is 0 Å². The normalized spacial score (nSPS) is 20.3. The van der Waals surface area contributed by atoms with Gasteiger partial charge in [-0.15, -0.1) is 0 Å². The maximum Gasteiger partial charge on any atom is 0.274 e.